The van der Waals surface area contributed by atoms with Crippen LogP contribution < -0.4 is 65.7 Å². The number of esters is 1. The summed E-state index contributed by atoms with van der Waals surface area (Å²) in [4.78, 5) is 154. The molecule has 31 heteroatoms. The molecular formula is C48H77FN14O16. The van der Waals surface area contributed by atoms with Crippen molar-refractivity contribution in [1.82, 2.24) is 56.7 Å². The average Bonchev–Trinajstić information content (AvgIpc) is 4.03. The molecule has 18 N–H and O–H groups in total. The van der Waals surface area contributed by atoms with Crippen molar-refractivity contribution in [2.24, 2.45) is 29.0 Å². The lowest BCUT2D eigenvalue weighted by atomic mass is 9.99. The lowest BCUT2D eigenvalue weighted by Gasteiger charge is -2.30. The number of unbranched alkanes of at least 4 members (excludes halogenated alkanes) is 1. The fraction of sp³-hybridized carbons (Fsp3) is 0.667. The van der Waals surface area contributed by atoms with Crippen LogP contribution in [0.5, 0.6) is 0 Å². The highest BCUT2D eigenvalue weighted by Crippen LogP contribution is 2.28. The number of H-pyrrole nitrogens is 2. The molecule has 0 saturated carbocycles. The summed E-state index contributed by atoms with van der Waals surface area (Å²) in [5.41, 5.74) is 13.0. The normalized spacial score (nSPS) is 18.0. The number of aliphatic hydroxyl groups is 3. The first-order valence-corrected chi connectivity index (χ1v) is 25.7. The standard InChI is InChI=1S/C48H77FN14O16/c1-23(2)13-30(57-40(70)28(9-7-8-12-50)55-43(73)32(15-25-17-53-22-54-25)59-44(74)33(20-65)60-39(69)27(51)19-64)42(72)56-29(10-11-36(52)67)41(71)58-31(14-24(3)4)45(75)62-48(5,6)46(76)78-21-35-34(66)16-37(79-35)63-18-26(49)38(68)61-47(63)77/h17-18,22-24,27-35,37,64-66H,7-16,19-21,50-51H2,1-6H3,(H2,52,67)(H,53,54)(H,55,73)(H,56,72)(H,57,70)(H,58,71)(H,59,74)(H,60,69)(H,62,75)(H,61,68,77)/t27-,28-,29-,30-,31-,32-,33-,34-,35+,37+/m0/s1. The average molecular weight is 1130 g/mol. The van der Waals surface area contributed by atoms with E-state index < -0.39 is 163 Å². The summed E-state index contributed by atoms with van der Waals surface area (Å²) >= 11 is 0. The zero-order valence-electron chi connectivity index (χ0n) is 45.0. The van der Waals surface area contributed by atoms with Crippen LogP contribution in [0.2, 0.25) is 0 Å². The number of aromatic nitrogens is 4. The molecule has 0 unspecified atom stereocenters. The van der Waals surface area contributed by atoms with Gasteiger partial charge in [0.05, 0.1) is 31.8 Å². The van der Waals surface area contributed by atoms with Gasteiger partial charge in [-0.15, -0.1) is 0 Å². The van der Waals surface area contributed by atoms with Crippen molar-refractivity contribution in [2.75, 3.05) is 26.4 Å². The van der Waals surface area contributed by atoms with E-state index in [9.17, 15) is 72.4 Å². The summed E-state index contributed by atoms with van der Waals surface area (Å²) in [7, 11) is 0. The Kier molecular flexibility index (Phi) is 26.3. The van der Waals surface area contributed by atoms with Gasteiger partial charge in [0.25, 0.3) is 5.56 Å². The minimum Gasteiger partial charge on any atom is -0.461 e. The predicted octanol–water partition coefficient (Wildman–Crippen LogP) is -5.56. The zero-order valence-corrected chi connectivity index (χ0v) is 45.0. The maximum absolute atomic E-state index is 14.2. The molecule has 0 radical (unpaired) electrons. The van der Waals surface area contributed by atoms with Gasteiger partial charge in [-0.05, 0) is 70.8 Å². The number of aromatic amines is 2. The molecule has 1 saturated heterocycles. The first kappa shape index (κ1) is 66.1. The second-order valence-electron chi connectivity index (χ2n) is 20.5. The number of nitrogens with two attached hydrogens (primary N) is 3. The monoisotopic (exact) mass is 1120 g/mol. The van der Waals surface area contributed by atoms with Crippen LogP contribution >= 0.6 is 0 Å². The Morgan fingerprint density at radius 3 is 1.87 bits per heavy atom. The van der Waals surface area contributed by atoms with Gasteiger partial charge in [0.2, 0.25) is 53.1 Å². The van der Waals surface area contributed by atoms with E-state index in [1.165, 1.54) is 26.4 Å². The number of amides is 8. The van der Waals surface area contributed by atoms with Crippen molar-refractivity contribution >= 4 is 53.2 Å². The second-order valence-corrected chi connectivity index (χ2v) is 20.5. The van der Waals surface area contributed by atoms with Gasteiger partial charge < -0.3 is 84.2 Å². The minimum atomic E-state index is -1.80. The Morgan fingerprint density at radius 2 is 1.33 bits per heavy atom. The van der Waals surface area contributed by atoms with Crippen LogP contribution in [0.3, 0.4) is 0 Å². The summed E-state index contributed by atoms with van der Waals surface area (Å²) < 4.78 is 25.7. The van der Waals surface area contributed by atoms with Gasteiger partial charge in [-0.2, -0.15) is 4.39 Å². The fourth-order valence-electron chi connectivity index (χ4n) is 7.96. The van der Waals surface area contributed by atoms with Crippen LogP contribution in [-0.4, -0.2) is 174 Å². The predicted molar refractivity (Wildman–Crippen MR) is 275 cm³/mol. The number of rotatable bonds is 33. The largest absolute Gasteiger partial charge is 0.461 e. The summed E-state index contributed by atoms with van der Waals surface area (Å²) in [6, 6.07) is -10.2. The highest BCUT2D eigenvalue weighted by molar-refractivity contribution is 5.98. The van der Waals surface area contributed by atoms with Gasteiger partial charge in [0, 0.05) is 31.2 Å². The van der Waals surface area contributed by atoms with Gasteiger partial charge in [-0.1, -0.05) is 27.7 Å². The lowest BCUT2D eigenvalue weighted by Crippen LogP contribution is -2.61. The summed E-state index contributed by atoms with van der Waals surface area (Å²) in [6.07, 6.45) is -1.08. The minimum absolute atomic E-state index is 0.0129. The Bertz CT molecular complexity index is 2520. The van der Waals surface area contributed by atoms with Crippen LogP contribution in [0, 0.1) is 17.7 Å². The fourth-order valence-corrected chi connectivity index (χ4v) is 7.96. The molecule has 442 valence electrons. The molecule has 0 bridgehead atoms. The Hall–Kier alpha value is -7.19. The molecule has 1 aliphatic heterocycles. The number of halogens is 1. The number of hydrogen-bond acceptors (Lipinski definition) is 19. The highest BCUT2D eigenvalue weighted by Gasteiger charge is 2.40. The molecule has 1 aliphatic rings. The van der Waals surface area contributed by atoms with Crippen LogP contribution in [0.25, 0.3) is 0 Å². The Morgan fingerprint density at radius 1 is 0.797 bits per heavy atom. The summed E-state index contributed by atoms with van der Waals surface area (Å²) in [5, 5.41) is 47.3. The first-order chi connectivity index (χ1) is 37.1. The van der Waals surface area contributed by atoms with Crippen LogP contribution in [0.1, 0.15) is 105 Å². The van der Waals surface area contributed by atoms with E-state index in [1.54, 1.807) is 32.7 Å². The molecule has 8 amide bonds. The number of hydrogen-bond donors (Lipinski definition) is 15. The van der Waals surface area contributed by atoms with E-state index in [1.807, 2.05) is 0 Å². The van der Waals surface area contributed by atoms with Gasteiger partial charge in [0.15, 0.2) is 0 Å². The third-order valence-electron chi connectivity index (χ3n) is 12.3. The molecule has 79 heavy (non-hydrogen) atoms. The van der Waals surface area contributed by atoms with Crippen LogP contribution in [-0.2, 0) is 59.0 Å². The van der Waals surface area contributed by atoms with Crippen LogP contribution in [0.15, 0.2) is 28.3 Å². The van der Waals surface area contributed by atoms with Gasteiger partial charge in [-0.3, -0.25) is 52.7 Å². The molecule has 3 rings (SSSR count). The highest BCUT2D eigenvalue weighted by atomic mass is 19.1. The first-order valence-electron chi connectivity index (χ1n) is 25.7. The number of imidazole rings is 1. The molecule has 0 aromatic carbocycles. The number of nitrogens with one attached hydrogen (secondary N) is 9. The van der Waals surface area contributed by atoms with Crippen molar-refractivity contribution in [3.05, 3.63) is 51.1 Å². The number of aliphatic hydroxyl groups excluding tert-OH is 3. The van der Waals surface area contributed by atoms with E-state index in [0.717, 1.165) is 4.57 Å². The molecule has 0 aliphatic carbocycles. The number of carbonyl (C=O) groups excluding carboxylic acids is 9. The molecule has 30 nitrogen and oxygen atoms in total. The van der Waals surface area contributed by atoms with E-state index in [4.69, 9.17) is 26.7 Å². The van der Waals surface area contributed by atoms with Crippen LogP contribution in [0.4, 0.5) is 4.39 Å². The smallest absolute Gasteiger partial charge is 0.331 e. The molecule has 1 fully saturated rings. The summed E-state index contributed by atoms with van der Waals surface area (Å²) in [6.45, 7) is 7.47. The Labute approximate surface area is 453 Å². The van der Waals surface area contributed by atoms with E-state index in [0.29, 0.717) is 24.7 Å². The van der Waals surface area contributed by atoms with Crippen molar-refractivity contribution in [1.29, 1.82) is 0 Å². The molecule has 3 heterocycles. The molecule has 0 spiro atoms. The second kappa shape index (κ2) is 31.4. The summed E-state index contributed by atoms with van der Waals surface area (Å²) in [5.74, 6) is -10.2. The van der Waals surface area contributed by atoms with Gasteiger partial charge in [0.1, 0.15) is 66.8 Å². The SMILES string of the molecule is CC(C)C[C@H](NC(=O)[C@H](CCCCN)NC(=O)[C@H](Cc1cnc[nH]1)NC(=O)[C@H](CO)NC(=O)[C@@H](N)CO)C(=O)N[C@@H](CCC(N)=O)C(=O)N[C@@H](CC(C)C)C(=O)NC(C)(C)C(=O)OC[C@H]1O[C@@H](n2cc(F)c(=O)[nH]c2=O)C[C@@H]1O. The van der Waals surface area contributed by atoms with Gasteiger partial charge >= 0.3 is 11.7 Å². The third-order valence-corrected chi connectivity index (χ3v) is 12.3. The maximum atomic E-state index is 14.2. The van der Waals surface area contributed by atoms with Crippen molar-refractivity contribution in [3.63, 3.8) is 0 Å². The third kappa shape index (κ3) is 21.2. The van der Waals surface area contributed by atoms with E-state index in [2.05, 4.69) is 47.2 Å². The van der Waals surface area contributed by atoms with E-state index in [-0.39, 0.29) is 56.9 Å². The van der Waals surface area contributed by atoms with Gasteiger partial charge in [-0.25, -0.2) is 14.6 Å². The quantitative estimate of drug-likeness (QED) is 0.0234. The lowest BCUT2D eigenvalue weighted by molar-refractivity contribution is -0.158. The van der Waals surface area contributed by atoms with Crippen molar-refractivity contribution < 1.29 is 72.3 Å². The van der Waals surface area contributed by atoms with Crippen molar-refractivity contribution in [3.8, 4) is 0 Å². The number of primary amides is 1. The number of carbonyl (C=O) groups is 9. The molecule has 10 atom stereocenters. The number of nitrogens with zero attached hydrogens (tertiary/aromatic N) is 2. The van der Waals surface area contributed by atoms with E-state index >= 15 is 0 Å². The van der Waals surface area contributed by atoms with Crippen molar-refractivity contribution in [2.45, 2.75) is 166 Å². The topological polar surface area (TPSA) is 479 Å². The number of ether oxygens (including phenoxy) is 2. The maximum Gasteiger partial charge on any atom is 0.331 e. The molecule has 2 aromatic heterocycles. The molecule has 2 aromatic rings. The molecular weight excluding hydrogens is 1050 g/mol. The Balaban J connectivity index is 1.81. The zero-order chi connectivity index (χ0) is 59.3.